The molecule has 0 spiro atoms. The van der Waals surface area contributed by atoms with E-state index in [1.54, 1.807) is 0 Å². The highest BCUT2D eigenvalue weighted by molar-refractivity contribution is 4.85. The molecule has 3 N–H and O–H groups in total. The van der Waals surface area contributed by atoms with Gasteiger partial charge in [0.15, 0.2) is 6.86 Å². The van der Waals surface area contributed by atoms with Crippen LogP contribution in [-0.2, 0) is 4.74 Å². The average Bonchev–Trinajstić information content (AvgIpc) is 2.78. The summed E-state index contributed by atoms with van der Waals surface area (Å²) in [5.41, 5.74) is -0.904. The Labute approximate surface area is 101 Å². The second kappa shape index (κ2) is 7.04. The Balaban J connectivity index is 0.000000492. The summed E-state index contributed by atoms with van der Waals surface area (Å²) in [7, 11) is 0. The maximum Gasteiger partial charge on any atom is 0.330 e. The third-order valence-electron chi connectivity index (χ3n) is 2.45. The molecule has 1 aromatic rings. The Bertz CT molecular complexity index is 472. The maximum atomic E-state index is 11.4. The second-order valence-corrected chi connectivity index (χ2v) is 3.61. The summed E-state index contributed by atoms with van der Waals surface area (Å²) < 4.78 is 16.6. The smallest absolute Gasteiger partial charge is 0.330 e. The minimum absolute atomic E-state index is 0.0470. The maximum absolute atomic E-state index is 11.4. The van der Waals surface area contributed by atoms with Gasteiger partial charge in [-0.15, -0.1) is 0 Å². The lowest BCUT2D eigenvalue weighted by Crippen LogP contribution is -2.31. The van der Waals surface area contributed by atoms with Crippen LogP contribution in [0.25, 0.3) is 0 Å². The molecule has 18 heavy (non-hydrogen) atoms. The Kier molecular flexibility index (Phi) is 5.69. The summed E-state index contributed by atoms with van der Waals surface area (Å²) in [6, 6.07) is 1.27. The van der Waals surface area contributed by atoms with E-state index in [1.165, 1.54) is 16.8 Å². The van der Waals surface area contributed by atoms with Crippen molar-refractivity contribution in [3.8, 4) is 0 Å². The molecular weight excluding hydrogens is 247 g/mol. The van der Waals surface area contributed by atoms with Crippen molar-refractivity contribution in [3.05, 3.63) is 33.1 Å². The molecule has 2 unspecified atom stereocenters. The van der Waals surface area contributed by atoms with E-state index in [1.807, 2.05) is 0 Å². The van der Waals surface area contributed by atoms with Crippen LogP contribution in [0.15, 0.2) is 21.9 Å². The first kappa shape index (κ1) is 14.6. The van der Waals surface area contributed by atoms with Crippen molar-refractivity contribution < 1.29 is 19.3 Å². The molecule has 0 aliphatic carbocycles. The topological polar surface area (TPSA) is 105 Å². The summed E-state index contributed by atoms with van der Waals surface area (Å²) in [5, 5.41) is 15.8. The average molecular weight is 262 g/mol. The first-order chi connectivity index (χ1) is 8.62. The van der Waals surface area contributed by atoms with Crippen molar-refractivity contribution in [1.29, 1.82) is 0 Å². The lowest BCUT2D eigenvalue weighted by atomic mass is 10.2. The number of aromatic nitrogens is 2. The van der Waals surface area contributed by atoms with Crippen LogP contribution in [0.2, 0.25) is 0 Å². The van der Waals surface area contributed by atoms with Gasteiger partial charge in [0.05, 0.1) is 12.7 Å². The molecule has 1 aromatic heterocycles. The number of aliphatic hydroxyl groups excluding tert-OH is 2. The number of hydrogen-bond donors (Lipinski definition) is 3. The molecule has 1 aliphatic heterocycles. The number of aromatic amines is 1. The van der Waals surface area contributed by atoms with Crippen LogP contribution in [0.5, 0.6) is 0 Å². The van der Waals surface area contributed by atoms with Crippen LogP contribution in [-0.4, -0.2) is 39.3 Å². The zero-order valence-electron chi connectivity index (χ0n) is 9.58. The first-order valence-electron chi connectivity index (χ1n) is 5.37. The number of hydrogen-bond acceptors (Lipinski definition) is 5. The second-order valence-electron chi connectivity index (χ2n) is 3.61. The van der Waals surface area contributed by atoms with E-state index in [-0.39, 0.29) is 18.9 Å². The predicted octanol–water partition coefficient (Wildman–Crippen LogP) is -0.888. The van der Waals surface area contributed by atoms with Crippen molar-refractivity contribution in [2.24, 2.45) is 0 Å². The normalized spacial score (nSPS) is 22.4. The van der Waals surface area contributed by atoms with Crippen LogP contribution < -0.4 is 11.2 Å². The van der Waals surface area contributed by atoms with Crippen LogP contribution in [0, 0.1) is 0 Å². The van der Waals surface area contributed by atoms with Crippen LogP contribution >= 0.6 is 0 Å². The van der Waals surface area contributed by atoms with E-state index in [4.69, 9.17) is 14.9 Å². The quantitative estimate of drug-likeness (QED) is 0.641. The highest BCUT2D eigenvalue weighted by Gasteiger charge is 2.26. The van der Waals surface area contributed by atoms with Gasteiger partial charge in [0.1, 0.15) is 6.23 Å². The molecule has 2 rings (SSSR count). The minimum Gasteiger partial charge on any atom is -0.394 e. The van der Waals surface area contributed by atoms with Gasteiger partial charge in [-0.05, 0) is 12.8 Å². The zero-order valence-corrected chi connectivity index (χ0v) is 9.58. The van der Waals surface area contributed by atoms with Gasteiger partial charge >= 0.3 is 5.69 Å². The van der Waals surface area contributed by atoms with Gasteiger partial charge in [0, 0.05) is 12.3 Å². The number of aliphatic hydroxyl groups is 2. The predicted molar refractivity (Wildman–Crippen MR) is 59.7 cm³/mol. The van der Waals surface area contributed by atoms with Gasteiger partial charge in [-0.25, -0.2) is 9.18 Å². The molecule has 1 fully saturated rings. The van der Waals surface area contributed by atoms with Crippen LogP contribution in [0.4, 0.5) is 4.39 Å². The molecule has 0 aromatic carbocycles. The minimum atomic E-state index is -1.25. The molecule has 0 bridgehead atoms. The lowest BCUT2D eigenvalue weighted by molar-refractivity contribution is -0.0246. The number of ether oxygens (including phenoxy) is 1. The molecule has 2 atom stereocenters. The van der Waals surface area contributed by atoms with Crippen LogP contribution in [0.1, 0.15) is 19.1 Å². The molecule has 8 heteroatoms. The van der Waals surface area contributed by atoms with Crippen molar-refractivity contribution in [3.63, 3.8) is 0 Å². The highest BCUT2D eigenvalue weighted by Crippen LogP contribution is 2.26. The van der Waals surface area contributed by atoms with Gasteiger partial charge in [0.25, 0.3) is 5.56 Å². The largest absolute Gasteiger partial charge is 0.394 e. The number of alkyl halides is 1. The molecule has 102 valence electrons. The Morgan fingerprint density at radius 1 is 1.44 bits per heavy atom. The molecule has 7 nitrogen and oxygen atoms in total. The molecule has 0 saturated carbocycles. The van der Waals surface area contributed by atoms with E-state index >= 15 is 0 Å². The van der Waals surface area contributed by atoms with Crippen molar-refractivity contribution in [2.45, 2.75) is 25.2 Å². The van der Waals surface area contributed by atoms with Crippen molar-refractivity contribution >= 4 is 0 Å². The summed E-state index contributed by atoms with van der Waals surface area (Å²) in [4.78, 5) is 24.4. The van der Waals surface area contributed by atoms with Gasteiger partial charge < -0.3 is 14.9 Å². The van der Waals surface area contributed by atoms with Crippen molar-refractivity contribution in [1.82, 2.24) is 9.55 Å². The molecular formula is C10H15FN2O5. The van der Waals surface area contributed by atoms with Crippen molar-refractivity contribution in [2.75, 3.05) is 13.5 Å². The summed E-state index contributed by atoms with van der Waals surface area (Å²) >= 11 is 0. The van der Waals surface area contributed by atoms with Gasteiger partial charge in [0.2, 0.25) is 0 Å². The molecule has 1 saturated heterocycles. The number of rotatable bonds is 2. The third kappa shape index (κ3) is 3.76. The molecule has 0 radical (unpaired) electrons. The first-order valence-corrected chi connectivity index (χ1v) is 5.37. The highest BCUT2D eigenvalue weighted by atomic mass is 19.1. The fourth-order valence-electron chi connectivity index (χ4n) is 1.68. The number of nitrogens with one attached hydrogen (secondary N) is 1. The molecule has 1 aliphatic rings. The van der Waals surface area contributed by atoms with E-state index in [9.17, 15) is 14.0 Å². The van der Waals surface area contributed by atoms with Gasteiger partial charge in [-0.2, -0.15) is 0 Å². The number of H-pyrrole nitrogens is 1. The lowest BCUT2D eigenvalue weighted by Gasteiger charge is -2.13. The third-order valence-corrected chi connectivity index (χ3v) is 2.45. The summed E-state index contributed by atoms with van der Waals surface area (Å²) in [6.45, 7) is -1.30. The van der Waals surface area contributed by atoms with E-state index < -0.39 is 18.1 Å². The van der Waals surface area contributed by atoms with Crippen LogP contribution in [0.3, 0.4) is 0 Å². The van der Waals surface area contributed by atoms with E-state index in [0.717, 1.165) is 0 Å². The fraction of sp³-hybridized carbons (Fsp3) is 0.600. The zero-order chi connectivity index (χ0) is 13.5. The fourth-order valence-corrected chi connectivity index (χ4v) is 1.68. The standard InChI is InChI=1S/C9H12N2O4.CH3FO/c12-5-6-1-2-8(15-6)11-4-3-7(13)10-9(11)14;2-1-3/h3-4,6,8,12H,1-2,5H2,(H,10,13,14);3H,1H2. The summed E-state index contributed by atoms with van der Waals surface area (Å²) in [5.74, 6) is 0. The molecule has 0 amide bonds. The summed E-state index contributed by atoms with van der Waals surface area (Å²) in [6.07, 6.45) is 2.19. The number of nitrogens with zero attached hydrogens (tertiary/aromatic N) is 1. The van der Waals surface area contributed by atoms with Gasteiger partial charge in [-0.1, -0.05) is 0 Å². The van der Waals surface area contributed by atoms with Gasteiger partial charge in [-0.3, -0.25) is 14.3 Å². The molecule has 2 heterocycles. The Morgan fingerprint density at radius 3 is 2.61 bits per heavy atom. The van der Waals surface area contributed by atoms with E-state index in [0.29, 0.717) is 12.8 Å². The Morgan fingerprint density at radius 2 is 2.11 bits per heavy atom. The SMILES string of the molecule is O=c1ccn(C2CCC(CO)O2)c(=O)[nH]1.OCF. The Hall–Kier alpha value is -1.51. The monoisotopic (exact) mass is 262 g/mol. The number of halogens is 1. The van der Waals surface area contributed by atoms with E-state index in [2.05, 4.69) is 4.98 Å².